The molecule has 1 saturated heterocycles. The summed E-state index contributed by atoms with van der Waals surface area (Å²) in [7, 11) is -2.23. The molecule has 0 unspecified atom stereocenters. The standard InChI is InChI=1S/C16H24N5O8P/c1-4-27-30(25,28-5-2)12-9-20(19-18-12)8-10-13(23)14(26-3)15(29-10)21-7-6-11(22)17-16(21)24/h6-7,9-10,13-15,23H,4-5,8H2,1-3H3,(H,17,22,24)/t10-,13-,14-,15-/m1/s1. The van der Waals surface area contributed by atoms with Gasteiger partial charge in [-0.15, -0.1) is 5.10 Å². The highest BCUT2D eigenvalue weighted by molar-refractivity contribution is 7.61. The number of aromatic nitrogens is 5. The van der Waals surface area contributed by atoms with Crippen LogP contribution in [0.2, 0.25) is 0 Å². The first-order valence-electron chi connectivity index (χ1n) is 9.30. The number of hydrogen-bond acceptors (Lipinski definition) is 10. The van der Waals surface area contributed by atoms with Crippen LogP contribution in [-0.2, 0) is 29.6 Å². The van der Waals surface area contributed by atoms with E-state index >= 15 is 0 Å². The van der Waals surface area contributed by atoms with E-state index in [1.54, 1.807) is 13.8 Å². The monoisotopic (exact) mass is 445 g/mol. The Morgan fingerprint density at radius 3 is 2.60 bits per heavy atom. The summed E-state index contributed by atoms with van der Waals surface area (Å²) in [5, 5.41) is 18.4. The quantitative estimate of drug-likeness (QED) is 0.458. The molecule has 4 atom stereocenters. The van der Waals surface area contributed by atoms with Crippen molar-refractivity contribution in [2.24, 2.45) is 0 Å². The second-order valence-corrected chi connectivity index (χ2v) is 8.37. The lowest BCUT2D eigenvalue weighted by Crippen LogP contribution is -2.38. The number of hydrogen-bond donors (Lipinski definition) is 2. The lowest BCUT2D eigenvalue weighted by Gasteiger charge is -2.19. The Hall–Kier alpha value is -2.15. The lowest BCUT2D eigenvalue weighted by molar-refractivity contribution is -0.0566. The normalized spacial score (nSPS) is 24.4. The molecule has 0 saturated carbocycles. The van der Waals surface area contributed by atoms with Gasteiger partial charge in [0.25, 0.3) is 5.56 Å². The van der Waals surface area contributed by atoms with Crippen molar-refractivity contribution in [3.05, 3.63) is 39.3 Å². The smallest absolute Gasteiger partial charge is 0.383 e. The first-order valence-corrected chi connectivity index (χ1v) is 10.8. The third kappa shape index (κ3) is 4.46. The summed E-state index contributed by atoms with van der Waals surface area (Å²) in [6, 6.07) is 1.17. The van der Waals surface area contributed by atoms with E-state index < -0.39 is 43.4 Å². The molecule has 3 rings (SSSR count). The van der Waals surface area contributed by atoms with E-state index in [-0.39, 0.29) is 25.2 Å². The molecular weight excluding hydrogens is 421 g/mol. The SMILES string of the molecule is CCOP(=O)(OCC)c1cn(C[C@H]2O[C@@H](n3ccc(=O)[nH]c3=O)[C@H](OC)[C@@H]2O)nn1. The maximum Gasteiger partial charge on any atom is 0.383 e. The molecule has 2 aromatic heterocycles. The lowest BCUT2D eigenvalue weighted by atomic mass is 10.1. The summed E-state index contributed by atoms with van der Waals surface area (Å²) in [4.78, 5) is 25.5. The Morgan fingerprint density at radius 2 is 2.00 bits per heavy atom. The topological polar surface area (TPSA) is 160 Å². The Balaban J connectivity index is 1.80. The van der Waals surface area contributed by atoms with Crippen LogP contribution in [-0.4, -0.2) is 68.3 Å². The summed E-state index contributed by atoms with van der Waals surface area (Å²) >= 11 is 0. The summed E-state index contributed by atoms with van der Waals surface area (Å²) < 4.78 is 36.9. The summed E-state index contributed by atoms with van der Waals surface area (Å²) in [6.45, 7) is 3.73. The van der Waals surface area contributed by atoms with Crippen LogP contribution >= 0.6 is 7.60 Å². The Morgan fingerprint density at radius 1 is 1.30 bits per heavy atom. The minimum absolute atomic E-state index is 0.0287. The van der Waals surface area contributed by atoms with E-state index in [0.29, 0.717) is 0 Å². The first-order chi connectivity index (χ1) is 14.3. The zero-order valence-electron chi connectivity index (χ0n) is 16.7. The Labute approximate surface area is 171 Å². The molecule has 0 radical (unpaired) electrons. The molecule has 1 aliphatic heterocycles. The maximum absolute atomic E-state index is 12.8. The van der Waals surface area contributed by atoms with Gasteiger partial charge in [-0.25, -0.2) is 9.48 Å². The number of rotatable bonds is 9. The maximum atomic E-state index is 12.8. The molecule has 1 aliphatic rings. The molecule has 0 amide bonds. The summed E-state index contributed by atoms with van der Waals surface area (Å²) in [6.07, 6.45) is -1.13. The number of aromatic amines is 1. The fraction of sp³-hybridized carbons (Fsp3) is 0.625. The summed E-state index contributed by atoms with van der Waals surface area (Å²) in [5.41, 5.74) is -1.21. The highest BCUT2D eigenvalue weighted by atomic mass is 31.2. The molecule has 3 heterocycles. The van der Waals surface area contributed by atoms with Crippen LogP contribution in [0.5, 0.6) is 0 Å². The van der Waals surface area contributed by atoms with Gasteiger partial charge >= 0.3 is 13.3 Å². The van der Waals surface area contributed by atoms with Gasteiger partial charge in [0.05, 0.1) is 26.0 Å². The van der Waals surface area contributed by atoms with Crippen molar-refractivity contribution in [1.82, 2.24) is 24.5 Å². The molecule has 30 heavy (non-hydrogen) atoms. The van der Waals surface area contributed by atoms with Crippen LogP contribution in [0.15, 0.2) is 28.0 Å². The van der Waals surface area contributed by atoms with Crippen molar-refractivity contribution >= 4 is 13.0 Å². The van der Waals surface area contributed by atoms with Crippen molar-refractivity contribution in [3.63, 3.8) is 0 Å². The van der Waals surface area contributed by atoms with Gasteiger partial charge in [0.15, 0.2) is 11.7 Å². The molecule has 0 bridgehead atoms. The molecule has 13 nitrogen and oxygen atoms in total. The molecular formula is C16H24N5O8P. The van der Waals surface area contributed by atoms with Gasteiger partial charge in [-0.2, -0.15) is 0 Å². The molecule has 0 aliphatic carbocycles. The van der Waals surface area contributed by atoms with Crippen LogP contribution in [0.25, 0.3) is 0 Å². The van der Waals surface area contributed by atoms with Crippen LogP contribution in [0.1, 0.15) is 20.1 Å². The van der Waals surface area contributed by atoms with E-state index in [4.69, 9.17) is 18.5 Å². The Bertz CT molecular complexity index is 1010. The number of methoxy groups -OCH3 is 1. The molecule has 0 aromatic carbocycles. The first kappa shape index (κ1) is 22.5. The number of nitrogens with zero attached hydrogens (tertiary/aromatic N) is 4. The number of H-pyrrole nitrogens is 1. The second-order valence-electron chi connectivity index (χ2n) is 6.41. The van der Waals surface area contributed by atoms with E-state index in [1.807, 2.05) is 0 Å². The molecule has 0 spiro atoms. The number of ether oxygens (including phenoxy) is 2. The molecule has 2 aromatic rings. The van der Waals surface area contributed by atoms with Crippen LogP contribution < -0.4 is 16.7 Å². The molecule has 166 valence electrons. The van der Waals surface area contributed by atoms with Gasteiger partial charge < -0.3 is 23.6 Å². The number of aliphatic hydroxyl groups is 1. The van der Waals surface area contributed by atoms with Gasteiger partial charge in [0, 0.05) is 19.4 Å². The van der Waals surface area contributed by atoms with Crippen LogP contribution in [0, 0.1) is 0 Å². The van der Waals surface area contributed by atoms with Gasteiger partial charge in [-0.3, -0.25) is 18.9 Å². The van der Waals surface area contributed by atoms with Gasteiger partial charge in [0.1, 0.15) is 18.3 Å². The number of nitrogens with one attached hydrogen (secondary N) is 1. The largest absolute Gasteiger partial charge is 0.387 e. The highest BCUT2D eigenvalue weighted by Gasteiger charge is 2.46. The zero-order chi connectivity index (χ0) is 21.9. The van der Waals surface area contributed by atoms with Gasteiger partial charge in [0.2, 0.25) is 0 Å². The predicted molar refractivity (Wildman–Crippen MR) is 103 cm³/mol. The second kappa shape index (κ2) is 9.33. The molecule has 2 N–H and O–H groups in total. The predicted octanol–water partition coefficient (Wildman–Crippen LogP) is -1.01. The average Bonchev–Trinajstić information content (AvgIpc) is 3.28. The number of aliphatic hydroxyl groups excluding tert-OH is 1. The van der Waals surface area contributed by atoms with Crippen molar-refractivity contribution < 1.29 is 28.2 Å². The Kier molecular flexibility index (Phi) is 7.01. The molecule has 1 fully saturated rings. The minimum Gasteiger partial charge on any atom is -0.387 e. The van der Waals surface area contributed by atoms with E-state index in [1.165, 1.54) is 30.3 Å². The van der Waals surface area contributed by atoms with Gasteiger partial charge in [-0.1, -0.05) is 5.21 Å². The van der Waals surface area contributed by atoms with Crippen molar-refractivity contribution in [3.8, 4) is 0 Å². The van der Waals surface area contributed by atoms with Crippen molar-refractivity contribution in [1.29, 1.82) is 0 Å². The van der Waals surface area contributed by atoms with Crippen molar-refractivity contribution in [2.45, 2.75) is 44.9 Å². The van der Waals surface area contributed by atoms with E-state index in [9.17, 15) is 19.3 Å². The molecule has 14 heteroatoms. The fourth-order valence-electron chi connectivity index (χ4n) is 3.17. The summed E-state index contributed by atoms with van der Waals surface area (Å²) in [5.74, 6) is 0. The fourth-order valence-corrected chi connectivity index (χ4v) is 4.62. The van der Waals surface area contributed by atoms with Crippen molar-refractivity contribution in [2.75, 3.05) is 20.3 Å². The highest BCUT2D eigenvalue weighted by Crippen LogP contribution is 2.45. The van der Waals surface area contributed by atoms with Crippen LogP contribution in [0.3, 0.4) is 0 Å². The third-order valence-corrected chi connectivity index (χ3v) is 6.44. The third-order valence-electron chi connectivity index (χ3n) is 4.48. The minimum atomic E-state index is -3.60. The zero-order valence-corrected chi connectivity index (χ0v) is 17.6. The van der Waals surface area contributed by atoms with Crippen LogP contribution in [0.4, 0.5) is 0 Å². The van der Waals surface area contributed by atoms with Gasteiger partial charge in [-0.05, 0) is 13.8 Å². The van der Waals surface area contributed by atoms with E-state index in [2.05, 4.69) is 15.3 Å². The average molecular weight is 445 g/mol. The van der Waals surface area contributed by atoms with E-state index in [0.717, 1.165) is 4.57 Å².